The lowest BCUT2D eigenvalue weighted by Crippen LogP contribution is -2.33. The molecule has 106 valence electrons. The van der Waals surface area contributed by atoms with Crippen LogP contribution in [0, 0.1) is 0 Å². The van der Waals surface area contributed by atoms with Crippen molar-refractivity contribution >= 4 is 22.9 Å². The molecule has 0 fully saturated rings. The van der Waals surface area contributed by atoms with Crippen LogP contribution in [0.2, 0.25) is 0 Å². The summed E-state index contributed by atoms with van der Waals surface area (Å²) in [6.45, 7) is 2.14. The predicted octanol–water partition coefficient (Wildman–Crippen LogP) is 2.30. The lowest BCUT2D eigenvalue weighted by atomic mass is 10.1. The van der Waals surface area contributed by atoms with Gasteiger partial charge in [-0.25, -0.2) is 0 Å². The molecular formula is C14H18N4OS. The summed E-state index contributed by atoms with van der Waals surface area (Å²) in [5.74, 6) is 0.0239. The van der Waals surface area contributed by atoms with Crippen molar-refractivity contribution in [2.45, 2.75) is 19.4 Å². The first-order valence-electron chi connectivity index (χ1n) is 6.31. The average molecular weight is 290 g/mol. The normalized spacial score (nSPS) is 13.2. The Kier molecular flexibility index (Phi) is 4.57. The quantitative estimate of drug-likeness (QED) is 0.383. The highest BCUT2D eigenvalue weighted by Crippen LogP contribution is 2.21. The molecule has 0 saturated carbocycles. The number of hydrogen-bond donors (Lipinski definition) is 2. The molecule has 1 atom stereocenters. The van der Waals surface area contributed by atoms with Gasteiger partial charge in [-0.05, 0) is 30.5 Å². The molecule has 0 amide bonds. The van der Waals surface area contributed by atoms with Crippen molar-refractivity contribution in [2.75, 3.05) is 11.9 Å². The molecule has 0 aliphatic heterocycles. The molecule has 0 aliphatic rings. The van der Waals surface area contributed by atoms with Gasteiger partial charge in [0.2, 0.25) is 0 Å². The molecular weight excluding hydrogens is 272 g/mol. The first-order valence-corrected chi connectivity index (χ1v) is 7.19. The Balaban J connectivity index is 2.22. The maximum Gasteiger partial charge on any atom is 0.190 e. The largest absolute Gasteiger partial charge is 0.409 e. The molecule has 0 radical (unpaired) electrons. The van der Waals surface area contributed by atoms with Gasteiger partial charge in [0.1, 0.15) is 5.69 Å². The number of thiophene rings is 1. The summed E-state index contributed by atoms with van der Waals surface area (Å²) in [7, 11) is 1.99. The van der Waals surface area contributed by atoms with E-state index in [2.05, 4.69) is 39.5 Å². The third-order valence-electron chi connectivity index (χ3n) is 3.25. The number of nitrogens with two attached hydrogens (primary N) is 1. The van der Waals surface area contributed by atoms with Crippen LogP contribution in [-0.4, -0.2) is 29.1 Å². The molecule has 0 aromatic carbocycles. The van der Waals surface area contributed by atoms with Gasteiger partial charge in [-0.2, -0.15) is 0 Å². The molecule has 6 heteroatoms. The standard InChI is InChI=1S/C14H18N4OS/c1-10(9-11-5-4-8-20-11)18(2)12-6-3-7-16-13(12)14(15)17-19/h3-8,10,19H,9H2,1-2H3,(H2,15,17). The topological polar surface area (TPSA) is 74.7 Å². The molecule has 0 bridgehead atoms. The van der Waals surface area contributed by atoms with Crippen LogP contribution in [0.3, 0.4) is 0 Å². The maximum absolute atomic E-state index is 8.85. The van der Waals surface area contributed by atoms with Gasteiger partial charge in [0.15, 0.2) is 5.84 Å². The summed E-state index contributed by atoms with van der Waals surface area (Å²) in [5.41, 5.74) is 7.03. The Morgan fingerprint density at radius 2 is 2.30 bits per heavy atom. The van der Waals surface area contributed by atoms with Gasteiger partial charge in [0.25, 0.3) is 0 Å². The second kappa shape index (κ2) is 6.38. The zero-order chi connectivity index (χ0) is 14.5. The van der Waals surface area contributed by atoms with E-state index in [1.165, 1.54) is 4.88 Å². The van der Waals surface area contributed by atoms with E-state index < -0.39 is 0 Å². The zero-order valence-corrected chi connectivity index (χ0v) is 12.3. The van der Waals surface area contributed by atoms with E-state index in [0.717, 1.165) is 12.1 Å². The molecule has 0 spiro atoms. The van der Waals surface area contributed by atoms with E-state index >= 15 is 0 Å². The summed E-state index contributed by atoms with van der Waals surface area (Å²) in [6, 6.07) is 8.23. The van der Waals surface area contributed by atoms with Gasteiger partial charge in [0.05, 0.1) is 5.69 Å². The number of likely N-dealkylation sites (N-methyl/N-ethyl adjacent to an activating group) is 1. The predicted molar refractivity (Wildman–Crippen MR) is 82.6 cm³/mol. The molecule has 1 unspecified atom stereocenters. The molecule has 20 heavy (non-hydrogen) atoms. The molecule has 2 rings (SSSR count). The summed E-state index contributed by atoms with van der Waals surface area (Å²) < 4.78 is 0. The van der Waals surface area contributed by atoms with Crippen LogP contribution in [0.25, 0.3) is 0 Å². The maximum atomic E-state index is 8.85. The van der Waals surface area contributed by atoms with Gasteiger partial charge in [0, 0.05) is 30.6 Å². The van der Waals surface area contributed by atoms with E-state index in [1.807, 2.05) is 19.2 Å². The number of rotatable bonds is 5. The number of oxime groups is 1. The second-order valence-electron chi connectivity index (χ2n) is 4.60. The number of pyridine rings is 1. The van der Waals surface area contributed by atoms with Crippen LogP contribution in [0.4, 0.5) is 5.69 Å². The summed E-state index contributed by atoms with van der Waals surface area (Å²) in [6.07, 6.45) is 2.58. The Morgan fingerprint density at radius 3 is 2.95 bits per heavy atom. The summed E-state index contributed by atoms with van der Waals surface area (Å²) in [4.78, 5) is 7.62. The summed E-state index contributed by atoms with van der Waals surface area (Å²) in [5, 5.41) is 14.0. The molecule has 5 nitrogen and oxygen atoms in total. The van der Waals surface area contributed by atoms with Crippen LogP contribution in [0.15, 0.2) is 41.0 Å². The number of nitrogens with zero attached hydrogens (tertiary/aromatic N) is 3. The van der Waals surface area contributed by atoms with Gasteiger partial charge in [-0.3, -0.25) is 4.98 Å². The molecule has 2 heterocycles. The van der Waals surface area contributed by atoms with Crippen molar-refractivity contribution in [1.29, 1.82) is 0 Å². The molecule has 2 aromatic heterocycles. The number of hydrogen-bond acceptors (Lipinski definition) is 5. The van der Waals surface area contributed by atoms with E-state index in [4.69, 9.17) is 10.9 Å². The van der Waals surface area contributed by atoms with Gasteiger partial charge in [-0.15, -0.1) is 11.3 Å². The van der Waals surface area contributed by atoms with Gasteiger partial charge >= 0.3 is 0 Å². The Bertz CT molecular complexity index is 583. The van der Waals surface area contributed by atoms with Crippen LogP contribution < -0.4 is 10.6 Å². The average Bonchev–Trinajstić information content (AvgIpc) is 2.98. The lowest BCUT2D eigenvalue weighted by molar-refractivity contribution is 0.318. The highest BCUT2D eigenvalue weighted by molar-refractivity contribution is 7.09. The van der Waals surface area contributed by atoms with Gasteiger partial charge < -0.3 is 15.8 Å². The molecule has 0 aliphatic carbocycles. The fraction of sp³-hybridized carbons (Fsp3) is 0.286. The number of aromatic nitrogens is 1. The third-order valence-corrected chi connectivity index (χ3v) is 4.15. The highest BCUT2D eigenvalue weighted by Gasteiger charge is 2.17. The van der Waals surface area contributed by atoms with Crippen molar-refractivity contribution in [3.05, 3.63) is 46.4 Å². The van der Waals surface area contributed by atoms with Crippen molar-refractivity contribution in [3.8, 4) is 0 Å². The Hall–Kier alpha value is -2.08. The zero-order valence-electron chi connectivity index (χ0n) is 11.5. The molecule has 0 saturated heterocycles. The number of anilines is 1. The highest BCUT2D eigenvalue weighted by atomic mass is 32.1. The third kappa shape index (κ3) is 3.08. The minimum absolute atomic E-state index is 0.0239. The fourth-order valence-corrected chi connectivity index (χ4v) is 2.85. The van der Waals surface area contributed by atoms with Crippen molar-refractivity contribution < 1.29 is 5.21 Å². The SMILES string of the molecule is CC(Cc1cccs1)N(C)c1cccnc1/C(N)=N/O. The van der Waals surface area contributed by atoms with E-state index in [1.54, 1.807) is 17.5 Å². The number of amidine groups is 1. The fourth-order valence-electron chi connectivity index (χ4n) is 2.02. The van der Waals surface area contributed by atoms with Gasteiger partial charge in [-0.1, -0.05) is 11.2 Å². The van der Waals surface area contributed by atoms with Crippen LogP contribution >= 0.6 is 11.3 Å². The van der Waals surface area contributed by atoms with Crippen LogP contribution in [0.1, 0.15) is 17.5 Å². The molecule has 2 aromatic rings. The minimum Gasteiger partial charge on any atom is -0.409 e. The van der Waals surface area contributed by atoms with Crippen molar-refractivity contribution in [1.82, 2.24) is 4.98 Å². The van der Waals surface area contributed by atoms with Crippen LogP contribution in [-0.2, 0) is 6.42 Å². The van der Waals surface area contributed by atoms with E-state index in [-0.39, 0.29) is 11.9 Å². The van der Waals surface area contributed by atoms with E-state index in [0.29, 0.717) is 5.69 Å². The molecule has 3 N–H and O–H groups in total. The van der Waals surface area contributed by atoms with E-state index in [9.17, 15) is 0 Å². The first kappa shape index (κ1) is 14.3. The monoisotopic (exact) mass is 290 g/mol. The lowest BCUT2D eigenvalue weighted by Gasteiger charge is -2.28. The first-order chi connectivity index (χ1) is 9.63. The van der Waals surface area contributed by atoms with Crippen molar-refractivity contribution in [2.24, 2.45) is 10.9 Å². The van der Waals surface area contributed by atoms with Crippen molar-refractivity contribution in [3.63, 3.8) is 0 Å². The second-order valence-corrected chi connectivity index (χ2v) is 5.63. The van der Waals surface area contributed by atoms with Crippen LogP contribution in [0.5, 0.6) is 0 Å². The minimum atomic E-state index is 0.0239. The Morgan fingerprint density at radius 1 is 1.50 bits per heavy atom. The summed E-state index contributed by atoms with van der Waals surface area (Å²) >= 11 is 1.75. The smallest absolute Gasteiger partial charge is 0.190 e. The Labute approximate surface area is 122 Å².